The molecule has 1 aliphatic heterocycles. The van der Waals surface area contributed by atoms with Crippen LogP contribution < -0.4 is 5.32 Å². The molecule has 8 nitrogen and oxygen atoms in total. The van der Waals surface area contributed by atoms with Crippen LogP contribution in [-0.4, -0.2) is 88.7 Å². The molecule has 0 atom stereocenters. The predicted octanol–water partition coefficient (Wildman–Crippen LogP) is 0.153. The lowest BCUT2D eigenvalue weighted by molar-refractivity contribution is -0.132. The number of anilines is 1. The number of hydrogen-bond acceptors (Lipinski definition) is 5. The third kappa shape index (κ3) is 5.54. The molecule has 25 heavy (non-hydrogen) atoms. The Labute approximate surface area is 149 Å². The van der Waals surface area contributed by atoms with Gasteiger partial charge < -0.3 is 10.2 Å². The van der Waals surface area contributed by atoms with Gasteiger partial charge in [0.05, 0.1) is 18.8 Å². The van der Waals surface area contributed by atoms with E-state index in [1.165, 1.54) is 0 Å². The first-order chi connectivity index (χ1) is 11.9. The van der Waals surface area contributed by atoms with Crippen LogP contribution in [0.5, 0.6) is 0 Å². The highest BCUT2D eigenvalue weighted by Gasteiger charge is 2.22. The maximum Gasteiger partial charge on any atom is 0.239 e. The highest BCUT2D eigenvalue weighted by Crippen LogP contribution is 2.08. The summed E-state index contributed by atoms with van der Waals surface area (Å²) in [5.74, 6) is 0.865. The second-order valence-electron chi connectivity index (χ2n) is 6.46. The normalized spacial score (nSPS) is 16.0. The molecule has 1 saturated heterocycles. The van der Waals surface area contributed by atoms with E-state index in [1.807, 2.05) is 38.8 Å². The molecule has 8 heteroatoms. The lowest BCUT2D eigenvalue weighted by atomic mass is 10.3. The van der Waals surface area contributed by atoms with Crippen LogP contribution in [0.2, 0.25) is 0 Å². The molecule has 1 N–H and O–H groups in total. The van der Waals surface area contributed by atoms with Crippen LogP contribution in [0.15, 0.2) is 6.07 Å². The van der Waals surface area contributed by atoms with E-state index in [0.29, 0.717) is 18.9 Å². The van der Waals surface area contributed by atoms with Crippen molar-refractivity contribution >= 4 is 17.6 Å². The summed E-state index contributed by atoms with van der Waals surface area (Å²) in [7, 11) is 1.81. The molecule has 2 amide bonds. The number of amides is 2. The monoisotopic (exact) mass is 350 g/mol. The Balaban J connectivity index is 1.74. The van der Waals surface area contributed by atoms with Crippen molar-refractivity contribution in [2.24, 2.45) is 7.05 Å². The van der Waals surface area contributed by atoms with Crippen molar-refractivity contribution in [2.75, 3.05) is 57.7 Å². The number of rotatable bonds is 7. The zero-order valence-corrected chi connectivity index (χ0v) is 15.8. The number of carbonyl (C=O) groups is 2. The van der Waals surface area contributed by atoms with Gasteiger partial charge in [0, 0.05) is 52.4 Å². The van der Waals surface area contributed by atoms with Crippen LogP contribution in [0, 0.1) is 6.92 Å². The first-order valence-corrected chi connectivity index (χ1v) is 8.95. The number of aromatic nitrogens is 2. The van der Waals surface area contributed by atoms with Crippen LogP contribution >= 0.6 is 0 Å². The third-order valence-electron chi connectivity index (χ3n) is 4.58. The summed E-state index contributed by atoms with van der Waals surface area (Å²) in [6, 6.07) is 1.86. The Kier molecular flexibility index (Phi) is 6.95. The van der Waals surface area contributed by atoms with Crippen molar-refractivity contribution in [1.29, 1.82) is 0 Å². The molecule has 1 aromatic rings. The van der Waals surface area contributed by atoms with Crippen molar-refractivity contribution in [3.05, 3.63) is 11.8 Å². The fourth-order valence-electron chi connectivity index (χ4n) is 3.09. The highest BCUT2D eigenvalue weighted by molar-refractivity contribution is 5.91. The fraction of sp³-hybridized carbons (Fsp3) is 0.706. The summed E-state index contributed by atoms with van der Waals surface area (Å²) in [6.45, 7) is 11.4. The zero-order valence-electron chi connectivity index (χ0n) is 15.8. The lowest BCUT2D eigenvalue weighted by Gasteiger charge is -2.34. The van der Waals surface area contributed by atoms with E-state index in [2.05, 4.69) is 20.2 Å². The Morgan fingerprint density at radius 1 is 1.12 bits per heavy atom. The topological polar surface area (TPSA) is 73.7 Å². The van der Waals surface area contributed by atoms with Crippen molar-refractivity contribution < 1.29 is 9.59 Å². The first-order valence-electron chi connectivity index (χ1n) is 8.95. The van der Waals surface area contributed by atoms with Gasteiger partial charge in [-0.2, -0.15) is 5.10 Å². The fourth-order valence-corrected chi connectivity index (χ4v) is 3.09. The first kappa shape index (κ1) is 19.4. The highest BCUT2D eigenvalue weighted by atomic mass is 16.2. The second-order valence-corrected chi connectivity index (χ2v) is 6.46. The Bertz CT molecular complexity index is 588. The largest absolute Gasteiger partial charge is 0.342 e. The average molecular weight is 350 g/mol. The molecule has 0 spiro atoms. The summed E-state index contributed by atoms with van der Waals surface area (Å²) in [5.41, 5.74) is 0.879. The molecule has 140 valence electrons. The SMILES string of the molecule is CCN(CC)C(=O)CN1CCN(CC(=O)Nc2cc(C)nn2C)CC1. The van der Waals surface area contributed by atoms with E-state index in [4.69, 9.17) is 0 Å². The Morgan fingerprint density at radius 2 is 1.68 bits per heavy atom. The molecule has 1 aliphatic rings. The lowest BCUT2D eigenvalue weighted by Crippen LogP contribution is -2.51. The van der Waals surface area contributed by atoms with Gasteiger partial charge in [0.25, 0.3) is 0 Å². The summed E-state index contributed by atoms with van der Waals surface area (Å²) in [5, 5.41) is 7.12. The Hall–Kier alpha value is -1.93. The van der Waals surface area contributed by atoms with E-state index < -0.39 is 0 Å². The van der Waals surface area contributed by atoms with E-state index in [9.17, 15) is 9.59 Å². The van der Waals surface area contributed by atoms with Crippen LogP contribution in [0.4, 0.5) is 5.82 Å². The standard InChI is InChI=1S/C17H30N6O2/c1-5-23(6-2)17(25)13-22-9-7-21(8-10-22)12-16(24)18-15-11-14(3)19-20(15)4/h11H,5-10,12-13H2,1-4H3,(H,18,24). The number of nitrogens with zero attached hydrogens (tertiary/aromatic N) is 5. The van der Waals surface area contributed by atoms with Crippen molar-refractivity contribution in [3.8, 4) is 0 Å². The molecule has 0 radical (unpaired) electrons. The van der Waals surface area contributed by atoms with Gasteiger partial charge in [-0.15, -0.1) is 0 Å². The quantitative estimate of drug-likeness (QED) is 0.758. The van der Waals surface area contributed by atoms with Crippen LogP contribution in [0.25, 0.3) is 0 Å². The minimum Gasteiger partial charge on any atom is -0.342 e. The molecule has 0 aromatic carbocycles. The van der Waals surface area contributed by atoms with Gasteiger partial charge in [-0.3, -0.25) is 24.1 Å². The summed E-state index contributed by atoms with van der Waals surface area (Å²) in [6.07, 6.45) is 0. The average Bonchev–Trinajstić information content (AvgIpc) is 2.87. The Morgan fingerprint density at radius 3 is 2.16 bits per heavy atom. The molecule has 2 heterocycles. The van der Waals surface area contributed by atoms with E-state index in [0.717, 1.165) is 45.0 Å². The molecule has 0 bridgehead atoms. The van der Waals surface area contributed by atoms with Gasteiger partial charge in [-0.25, -0.2) is 0 Å². The molecular weight excluding hydrogens is 320 g/mol. The maximum atomic E-state index is 12.2. The minimum atomic E-state index is -0.0318. The molecule has 0 unspecified atom stereocenters. The number of hydrogen-bond donors (Lipinski definition) is 1. The van der Waals surface area contributed by atoms with Gasteiger partial charge in [-0.1, -0.05) is 0 Å². The smallest absolute Gasteiger partial charge is 0.239 e. The van der Waals surface area contributed by atoms with E-state index in [-0.39, 0.29) is 11.8 Å². The third-order valence-corrected chi connectivity index (χ3v) is 4.58. The zero-order chi connectivity index (χ0) is 18.4. The number of nitrogens with one attached hydrogen (secondary N) is 1. The minimum absolute atomic E-state index is 0.0318. The summed E-state index contributed by atoms with van der Waals surface area (Å²) in [4.78, 5) is 30.5. The molecule has 0 aliphatic carbocycles. The van der Waals surface area contributed by atoms with Gasteiger partial charge in [-0.05, 0) is 20.8 Å². The van der Waals surface area contributed by atoms with Crippen LogP contribution in [0.1, 0.15) is 19.5 Å². The molecule has 2 rings (SSSR count). The maximum absolute atomic E-state index is 12.2. The van der Waals surface area contributed by atoms with Crippen molar-refractivity contribution in [2.45, 2.75) is 20.8 Å². The summed E-state index contributed by atoms with van der Waals surface area (Å²) < 4.78 is 1.67. The van der Waals surface area contributed by atoms with Crippen LogP contribution in [-0.2, 0) is 16.6 Å². The van der Waals surface area contributed by atoms with Gasteiger partial charge in [0.15, 0.2) is 0 Å². The van der Waals surface area contributed by atoms with Crippen LogP contribution in [0.3, 0.4) is 0 Å². The molecule has 1 aromatic heterocycles. The van der Waals surface area contributed by atoms with Crippen molar-refractivity contribution in [3.63, 3.8) is 0 Å². The molecule has 1 fully saturated rings. The number of piperazine rings is 1. The number of likely N-dealkylation sites (N-methyl/N-ethyl adjacent to an activating group) is 1. The van der Waals surface area contributed by atoms with Crippen molar-refractivity contribution in [1.82, 2.24) is 24.5 Å². The van der Waals surface area contributed by atoms with E-state index >= 15 is 0 Å². The molecule has 0 saturated carbocycles. The number of carbonyl (C=O) groups excluding carboxylic acids is 2. The number of aryl methyl sites for hydroxylation is 2. The van der Waals surface area contributed by atoms with Gasteiger partial charge in [0.2, 0.25) is 11.8 Å². The van der Waals surface area contributed by atoms with E-state index in [1.54, 1.807) is 4.68 Å². The second kappa shape index (κ2) is 8.96. The van der Waals surface area contributed by atoms with Gasteiger partial charge in [0.1, 0.15) is 5.82 Å². The predicted molar refractivity (Wildman–Crippen MR) is 97.4 cm³/mol. The van der Waals surface area contributed by atoms with Gasteiger partial charge >= 0.3 is 0 Å². The molecular formula is C17H30N6O2. The summed E-state index contributed by atoms with van der Waals surface area (Å²) >= 11 is 0.